The molecule has 0 saturated heterocycles. The molecule has 3 heteroatoms. The lowest BCUT2D eigenvalue weighted by Gasteiger charge is -2.07. The summed E-state index contributed by atoms with van der Waals surface area (Å²) in [6, 6.07) is 13.9. The second-order valence-electron chi connectivity index (χ2n) is 4.00. The molecule has 17 heavy (non-hydrogen) atoms. The van der Waals surface area contributed by atoms with E-state index in [-0.39, 0.29) is 17.0 Å². The maximum absolute atomic E-state index is 10.0. The first-order valence-electron chi connectivity index (χ1n) is 5.44. The van der Waals surface area contributed by atoms with Gasteiger partial charge in [0.2, 0.25) is 0 Å². The van der Waals surface area contributed by atoms with Crippen LogP contribution in [0.1, 0.15) is 17.2 Å². The van der Waals surface area contributed by atoms with Gasteiger partial charge in [-0.15, -0.1) is 0 Å². The zero-order chi connectivity index (χ0) is 11.4. The van der Waals surface area contributed by atoms with Crippen molar-refractivity contribution in [2.75, 3.05) is 0 Å². The number of halogens is 1. The van der Waals surface area contributed by atoms with E-state index >= 15 is 0 Å². The predicted molar refractivity (Wildman–Crippen MR) is 62.8 cm³/mol. The Morgan fingerprint density at radius 1 is 1.06 bits per heavy atom. The highest BCUT2D eigenvalue weighted by atomic mass is 79.9. The van der Waals surface area contributed by atoms with Gasteiger partial charge < -0.3 is 22.1 Å². The molecule has 1 N–H and O–H groups in total. The molecule has 0 spiro atoms. The Kier molecular flexibility index (Phi) is 5.32. The van der Waals surface area contributed by atoms with Crippen LogP contribution in [0, 0.1) is 6.92 Å². The Balaban J connectivity index is 0.00000144. The van der Waals surface area contributed by atoms with Gasteiger partial charge in [0, 0.05) is 12.1 Å². The van der Waals surface area contributed by atoms with Gasteiger partial charge in [-0.1, -0.05) is 35.9 Å². The summed E-state index contributed by atoms with van der Waals surface area (Å²) in [7, 11) is 0. The van der Waals surface area contributed by atoms with Gasteiger partial charge in [-0.2, -0.15) is 0 Å². The van der Waals surface area contributed by atoms with Crippen molar-refractivity contribution < 1.29 is 26.7 Å². The van der Waals surface area contributed by atoms with E-state index in [0.29, 0.717) is 6.54 Å². The quantitative estimate of drug-likeness (QED) is 0.723. The molecule has 0 radical (unpaired) electrons. The lowest BCUT2D eigenvalue weighted by atomic mass is 10.1. The molecule has 90 valence electrons. The van der Waals surface area contributed by atoms with E-state index in [1.807, 2.05) is 66.3 Å². The molecule has 1 aromatic carbocycles. The number of nitrogens with zero attached hydrogens (tertiary/aromatic N) is 1. The monoisotopic (exact) mass is 293 g/mol. The highest BCUT2D eigenvalue weighted by molar-refractivity contribution is 5.22. The van der Waals surface area contributed by atoms with Gasteiger partial charge in [0.05, 0.1) is 0 Å². The zero-order valence-electron chi connectivity index (χ0n) is 9.75. The summed E-state index contributed by atoms with van der Waals surface area (Å²) in [5.41, 5.74) is 2.17. The van der Waals surface area contributed by atoms with Gasteiger partial charge in [-0.25, -0.2) is 4.57 Å². The van der Waals surface area contributed by atoms with E-state index in [1.165, 1.54) is 5.56 Å². The average Bonchev–Trinajstić information content (AvgIpc) is 2.31. The molecule has 1 heterocycles. The summed E-state index contributed by atoms with van der Waals surface area (Å²) < 4.78 is 1.98. The highest BCUT2D eigenvalue weighted by Gasteiger charge is 2.12. The minimum absolute atomic E-state index is 0. The smallest absolute Gasteiger partial charge is 0.178 e. The van der Waals surface area contributed by atoms with Crippen LogP contribution in [0.15, 0.2) is 54.9 Å². The Labute approximate surface area is 112 Å². The summed E-state index contributed by atoms with van der Waals surface area (Å²) in [5.74, 6) is 0. The van der Waals surface area contributed by atoms with Crippen LogP contribution < -0.4 is 21.5 Å². The largest absolute Gasteiger partial charge is 1.00 e. The maximum atomic E-state index is 10.0. The van der Waals surface area contributed by atoms with Crippen molar-refractivity contribution in [3.63, 3.8) is 0 Å². The van der Waals surface area contributed by atoms with Gasteiger partial charge in [-0.05, 0) is 12.5 Å². The average molecular weight is 294 g/mol. The number of rotatable bonds is 3. The molecule has 0 aliphatic rings. The summed E-state index contributed by atoms with van der Waals surface area (Å²) in [4.78, 5) is 0. The van der Waals surface area contributed by atoms with Crippen LogP contribution in [0.4, 0.5) is 0 Å². The van der Waals surface area contributed by atoms with Gasteiger partial charge >= 0.3 is 0 Å². The van der Waals surface area contributed by atoms with Crippen LogP contribution in [0.5, 0.6) is 0 Å². The fourth-order valence-corrected chi connectivity index (χ4v) is 1.65. The molecule has 1 aromatic heterocycles. The van der Waals surface area contributed by atoms with Crippen molar-refractivity contribution in [1.29, 1.82) is 0 Å². The first-order chi connectivity index (χ1) is 7.75. The number of aliphatic hydroxyl groups excluding tert-OH is 1. The molecule has 0 bridgehead atoms. The standard InChI is InChI=1S/C14H16NO.BrH/c1-12-5-7-13(8-6-12)14(16)11-15-9-3-2-4-10-15;/h2-10,14,16H,11H2,1H3;1H/q+1;/p-1. The summed E-state index contributed by atoms with van der Waals surface area (Å²) in [5, 5.41) is 10.0. The molecule has 0 saturated carbocycles. The third-order valence-electron chi connectivity index (χ3n) is 2.62. The van der Waals surface area contributed by atoms with Gasteiger partial charge in [0.15, 0.2) is 18.9 Å². The molecular formula is C14H16BrNO. The number of hydrogen-bond donors (Lipinski definition) is 1. The summed E-state index contributed by atoms with van der Waals surface area (Å²) >= 11 is 0. The Morgan fingerprint density at radius 2 is 1.65 bits per heavy atom. The molecule has 1 unspecified atom stereocenters. The predicted octanol–water partition coefficient (Wildman–Crippen LogP) is -0.980. The maximum Gasteiger partial charge on any atom is 0.178 e. The molecule has 0 aliphatic carbocycles. The van der Waals surface area contributed by atoms with Crippen LogP contribution in [0.25, 0.3) is 0 Å². The molecular weight excluding hydrogens is 278 g/mol. The van der Waals surface area contributed by atoms with E-state index in [1.54, 1.807) is 0 Å². The van der Waals surface area contributed by atoms with E-state index in [9.17, 15) is 5.11 Å². The van der Waals surface area contributed by atoms with Crippen molar-refractivity contribution in [3.05, 3.63) is 66.0 Å². The Hall–Kier alpha value is -1.19. The van der Waals surface area contributed by atoms with Crippen LogP contribution in [-0.4, -0.2) is 5.11 Å². The fourth-order valence-electron chi connectivity index (χ4n) is 1.65. The Bertz CT molecular complexity index is 442. The molecule has 2 nitrogen and oxygen atoms in total. The highest BCUT2D eigenvalue weighted by Crippen LogP contribution is 2.13. The van der Waals surface area contributed by atoms with Crippen LogP contribution >= 0.6 is 0 Å². The molecule has 1 atom stereocenters. The van der Waals surface area contributed by atoms with E-state index in [4.69, 9.17) is 0 Å². The summed E-state index contributed by atoms with van der Waals surface area (Å²) in [6.45, 7) is 2.63. The number of hydrogen-bond acceptors (Lipinski definition) is 1. The second kappa shape index (κ2) is 6.52. The number of pyridine rings is 1. The van der Waals surface area contributed by atoms with Crippen molar-refractivity contribution >= 4 is 0 Å². The van der Waals surface area contributed by atoms with Gasteiger partial charge in [0.25, 0.3) is 0 Å². The topological polar surface area (TPSA) is 24.1 Å². The van der Waals surface area contributed by atoms with Crippen LogP contribution in [0.3, 0.4) is 0 Å². The van der Waals surface area contributed by atoms with Crippen molar-refractivity contribution in [1.82, 2.24) is 0 Å². The number of aromatic nitrogens is 1. The fraction of sp³-hybridized carbons (Fsp3) is 0.214. The Morgan fingerprint density at radius 3 is 2.24 bits per heavy atom. The lowest BCUT2D eigenvalue weighted by molar-refractivity contribution is -0.704. The summed E-state index contributed by atoms with van der Waals surface area (Å²) in [6.07, 6.45) is 3.46. The third-order valence-corrected chi connectivity index (χ3v) is 2.62. The molecule has 0 fully saturated rings. The second-order valence-corrected chi connectivity index (χ2v) is 4.00. The first-order valence-corrected chi connectivity index (χ1v) is 5.44. The lowest BCUT2D eigenvalue weighted by Crippen LogP contribution is -3.00. The van der Waals surface area contributed by atoms with Crippen LogP contribution in [-0.2, 0) is 6.54 Å². The zero-order valence-corrected chi connectivity index (χ0v) is 11.3. The minimum atomic E-state index is -0.451. The third kappa shape index (κ3) is 3.95. The van der Waals surface area contributed by atoms with Crippen molar-refractivity contribution in [2.24, 2.45) is 0 Å². The number of aryl methyl sites for hydroxylation is 1. The van der Waals surface area contributed by atoms with Crippen LogP contribution in [0.2, 0.25) is 0 Å². The number of aliphatic hydroxyl groups is 1. The number of benzene rings is 1. The van der Waals surface area contributed by atoms with E-state index in [0.717, 1.165) is 5.56 Å². The van der Waals surface area contributed by atoms with E-state index < -0.39 is 6.10 Å². The normalized spacial score (nSPS) is 11.6. The van der Waals surface area contributed by atoms with E-state index in [2.05, 4.69) is 0 Å². The SMILES string of the molecule is Cc1ccc(C(O)C[n+]2ccccc2)cc1.[Br-]. The molecule has 0 aliphatic heterocycles. The van der Waals surface area contributed by atoms with Crippen molar-refractivity contribution in [3.8, 4) is 0 Å². The molecule has 2 aromatic rings. The first kappa shape index (κ1) is 13.9. The minimum Gasteiger partial charge on any atom is -1.00 e. The molecule has 2 rings (SSSR count). The van der Waals surface area contributed by atoms with Crippen molar-refractivity contribution in [2.45, 2.75) is 19.6 Å². The van der Waals surface area contributed by atoms with Gasteiger partial charge in [0.1, 0.15) is 6.10 Å². The van der Waals surface area contributed by atoms with Gasteiger partial charge in [-0.3, -0.25) is 0 Å². The molecule has 0 amide bonds.